The minimum absolute atomic E-state index is 0.197. The van der Waals surface area contributed by atoms with Gasteiger partial charge in [0.05, 0.1) is 23.2 Å². The Labute approximate surface area is 224 Å². The van der Waals surface area contributed by atoms with Gasteiger partial charge in [0.15, 0.2) is 0 Å². The zero-order chi connectivity index (χ0) is 26.7. The maximum Gasteiger partial charge on any atom is 0.263 e. The molecular weight excluding hydrogens is 524 g/mol. The molecule has 1 N–H and O–H groups in total. The third-order valence-corrected chi connectivity index (χ3v) is 9.24. The highest BCUT2D eigenvalue weighted by Crippen LogP contribution is 2.31. The second kappa shape index (κ2) is 11.1. The molecule has 4 aromatic rings. The lowest BCUT2D eigenvalue weighted by atomic mass is 10.1. The van der Waals surface area contributed by atoms with Crippen LogP contribution < -0.4 is 15.6 Å². The van der Waals surface area contributed by atoms with Gasteiger partial charge in [-0.3, -0.25) is 14.2 Å². The molecule has 0 spiro atoms. The number of sulfonamides is 1. The van der Waals surface area contributed by atoms with E-state index in [1.807, 2.05) is 36.6 Å². The highest BCUT2D eigenvalue weighted by atomic mass is 32.2. The molecule has 5 rings (SSSR count). The average molecular weight is 553 g/mol. The highest BCUT2D eigenvalue weighted by Gasteiger charge is 2.25. The second-order valence-corrected chi connectivity index (χ2v) is 11.8. The zero-order valence-corrected chi connectivity index (χ0v) is 22.6. The lowest BCUT2D eigenvalue weighted by molar-refractivity contribution is -0.116. The summed E-state index contributed by atoms with van der Waals surface area (Å²) in [5.74, 6) is 0.331. The second-order valence-electron chi connectivity index (χ2n) is 9.00. The van der Waals surface area contributed by atoms with E-state index in [9.17, 15) is 18.0 Å². The molecule has 1 aliphatic heterocycles. The summed E-state index contributed by atoms with van der Waals surface area (Å²) >= 11 is 1.37. The number of rotatable bonds is 8. The van der Waals surface area contributed by atoms with E-state index < -0.39 is 15.9 Å². The Morgan fingerprint density at radius 2 is 1.76 bits per heavy atom. The van der Waals surface area contributed by atoms with Gasteiger partial charge in [-0.25, -0.2) is 13.4 Å². The van der Waals surface area contributed by atoms with E-state index in [4.69, 9.17) is 4.74 Å². The molecule has 38 heavy (non-hydrogen) atoms. The van der Waals surface area contributed by atoms with E-state index in [0.717, 1.165) is 36.1 Å². The van der Waals surface area contributed by atoms with Gasteiger partial charge in [0.1, 0.15) is 17.1 Å². The molecule has 1 amide bonds. The van der Waals surface area contributed by atoms with Crippen LogP contribution in [0.5, 0.6) is 5.75 Å². The van der Waals surface area contributed by atoms with E-state index in [2.05, 4.69) is 10.3 Å². The fraction of sp³-hybridized carbons (Fsp3) is 0.296. The molecular formula is C27H28N4O5S2. The van der Waals surface area contributed by atoms with Crippen molar-refractivity contribution >= 4 is 43.2 Å². The normalized spacial score (nSPS) is 14.4. The summed E-state index contributed by atoms with van der Waals surface area (Å²) in [6.45, 7) is 3.31. The smallest absolute Gasteiger partial charge is 0.263 e. The fourth-order valence-electron chi connectivity index (χ4n) is 4.51. The summed E-state index contributed by atoms with van der Waals surface area (Å²) in [6, 6.07) is 13.6. The number of thiophene rings is 1. The number of amides is 1. The van der Waals surface area contributed by atoms with Gasteiger partial charge in [-0.15, -0.1) is 11.3 Å². The first-order valence-corrected chi connectivity index (χ1v) is 14.8. The van der Waals surface area contributed by atoms with Crippen molar-refractivity contribution in [3.8, 4) is 16.9 Å². The van der Waals surface area contributed by atoms with Crippen molar-refractivity contribution in [1.82, 2.24) is 13.9 Å². The Hall–Kier alpha value is -3.54. The summed E-state index contributed by atoms with van der Waals surface area (Å²) in [5, 5.41) is 5.08. The monoisotopic (exact) mass is 552 g/mol. The summed E-state index contributed by atoms with van der Waals surface area (Å²) < 4.78 is 34.0. The van der Waals surface area contributed by atoms with Crippen molar-refractivity contribution in [3.05, 3.63) is 70.6 Å². The minimum Gasteiger partial charge on any atom is -0.494 e. The number of piperidine rings is 1. The van der Waals surface area contributed by atoms with Gasteiger partial charge in [0, 0.05) is 29.7 Å². The average Bonchev–Trinajstić information content (AvgIpc) is 3.37. The van der Waals surface area contributed by atoms with E-state index in [1.165, 1.54) is 38.7 Å². The molecule has 11 heteroatoms. The number of hydrogen-bond donors (Lipinski definition) is 1. The molecule has 1 aliphatic rings. The predicted octanol–water partition coefficient (Wildman–Crippen LogP) is 4.34. The first-order chi connectivity index (χ1) is 18.4. The van der Waals surface area contributed by atoms with Crippen LogP contribution in [0.3, 0.4) is 0 Å². The van der Waals surface area contributed by atoms with E-state index in [0.29, 0.717) is 35.6 Å². The molecule has 0 unspecified atom stereocenters. The number of fused-ring (bicyclic) bond motifs is 1. The maximum absolute atomic E-state index is 13.3. The minimum atomic E-state index is -3.55. The largest absolute Gasteiger partial charge is 0.494 e. The van der Waals surface area contributed by atoms with Crippen LogP contribution in [0.4, 0.5) is 5.69 Å². The molecule has 2 aromatic carbocycles. The number of nitrogens with one attached hydrogen (secondary N) is 1. The third kappa shape index (κ3) is 5.35. The summed E-state index contributed by atoms with van der Waals surface area (Å²) in [5.41, 5.74) is 1.75. The zero-order valence-electron chi connectivity index (χ0n) is 20.9. The molecule has 1 fully saturated rings. The molecule has 0 saturated carbocycles. The summed E-state index contributed by atoms with van der Waals surface area (Å²) in [7, 11) is -3.55. The Bertz CT molecular complexity index is 1600. The lowest BCUT2D eigenvalue weighted by Gasteiger charge is -2.25. The Balaban J connectivity index is 1.31. The molecule has 0 aliphatic carbocycles. The van der Waals surface area contributed by atoms with Crippen LogP contribution in [0.15, 0.2) is 69.9 Å². The van der Waals surface area contributed by atoms with Crippen molar-refractivity contribution in [2.75, 3.05) is 25.0 Å². The first kappa shape index (κ1) is 26.1. The van der Waals surface area contributed by atoms with E-state index in [1.54, 1.807) is 12.1 Å². The standard InChI is InChI=1S/C27H28N4O5S2/c1-2-36-21-10-6-19(7-11-21)23-17-37-26-25(23)27(33)30(18-28-26)16-24(32)29-20-8-12-22(13-9-20)38(34,35)31-14-4-3-5-15-31/h6-13,17-18H,2-5,14-16H2,1H3,(H,29,32). The Kier molecular flexibility index (Phi) is 7.59. The van der Waals surface area contributed by atoms with Gasteiger partial charge < -0.3 is 10.1 Å². The van der Waals surface area contributed by atoms with Gasteiger partial charge in [0.2, 0.25) is 15.9 Å². The van der Waals surface area contributed by atoms with Crippen LogP contribution in [0.2, 0.25) is 0 Å². The molecule has 0 bridgehead atoms. The molecule has 198 valence electrons. The van der Waals surface area contributed by atoms with Crippen molar-refractivity contribution in [2.24, 2.45) is 0 Å². The Morgan fingerprint density at radius 1 is 1.05 bits per heavy atom. The summed E-state index contributed by atoms with van der Waals surface area (Å²) in [6.07, 6.45) is 4.13. The van der Waals surface area contributed by atoms with Crippen molar-refractivity contribution in [3.63, 3.8) is 0 Å². The predicted molar refractivity (Wildman–Crippen MR) is 148 cm³/mol. The number of carbonyl (C=O) groups excluding carboxylic acids is 1. The topological polar surface area (TPSA) is 111 Å². The molecule has 2 aromatic heterocycles. The summed E-state index contributed by atoms with van der Waals surface area (Å²) in [4.78, 5) is 31.2. The number of benzene rings is 2. The molecule has 3 heterocycles. The van der Waals surface area contributed by atoms with Crippen LogP contribution in [-0.4, -0.2) is 47.9 Å². The van der Waals surface area contributed by atoms with Gasteiger partial charge in [-0.2, -0.15) is 4.31 Å². The number of carbonyl (C=O) groups is 1. The van der Waals surface area contributed by atoms with Gasteiger partial charge in [-0.05, 0) is 61.7 Å². The van der Waals surface area contributed by atoms with Crippen molar-refractivity contribution in [2.45, 2.75) is 37.6 Å². The quantitative estimate of drug-likeness (QED) is 0.348. The van der Waals surface area contributed by atoms with E-state index >= 15 is 0 Å². The first-order valence-electron chi connectivity index (χ1n) is 12.5. The van der Waals surface area contributed by atoms with E-state index in [-0.39, 0.29) is 17.0 Å². The third-order valence-electron chi connectivity index (χ3n) is 6.44. The number of nitrogens with zero attached hydrogens (tertiary/aromatic N) is 3. The lowest BCUT2D eigenvalue weighted by Crippen LogP contribution is -2.35. The van der Waals surface area contributed by atoms with Gasteiger partial charge in [-0.1, -0.05) is 18.6 Å². The number of aromatic nitrogens is 2. The van der Waals surface area contributed by atoms with Crippen LogP contribution in [0, 0.1) is 0 Å². The van der Waals surface area contributed by atoms with Gasteiger partial charge in [0.25, 0.3) is 5.56 Å². The Morgan fingerprint density at radius 3 is 2.45 bits per heavy atom. The fourth-order valence-corrected chi connectivity index (χ4v) is 6.93. The number of anilines is 1. The van der Waals surface area contributed by atoms with Crippen molar-refractivity contribution in [1.29, 1.82) is 0 Å². The molecule has 1 saturated heterocycles. The van der Waals surface area contributed by atoms with Crippen LogP contribution in [0.1, 0.15) is 26.2 Å². The van der Waals surface area contributed by atoms with Crippen molar-refractivity contribution < 1.29 is 17.9 Å². The highest BCUT2D eigenvalue weighted by molar-refractivity contribution is 7.89. The molecule has 9 nitrogen and oxygen atoms in total. The SMILES string of the molecule is CCOc1ccc(-c2csc3ncn(CC(=O)Nc4ccc(S(=O)(=O)N5CCCCC5)cc4)c(=O)c23)cc1. The van der Waals surface area contributed by atoms with Gasteiger partial charge >= 0.3 is 0 Å². The van der Waals surface area contributed by atoms with Crippen LogP contribution >= 0.6 is 11.3 Å². The molecule has 0 atom stereocenters. The maximum atomic E-state index is 13.3. The van der Waals surface area contributed by atoms with Crippen LogP contribution in [-0.2, 0) is 21.4 Å². The number of hydrogen-bond acceptors (Lipinski definition) is 7. The number of ether oxygens (including phenoxy) is 1. The molecule has 0 radical (unpaired) electrons. The van der Waals surface area contributed by atoms with Crippen LogP contribution in [0.25, 0.3) is 21.3 Å².